The summed E-state index contributed by atoms with van der Waals surface area (Å²) >= 11 is 0. The summed E-state index contributed by atoms with van der Waals surface area (Å²) < 4.78 is 30.3. The first-order valence-corrected chi connectivity index (χ1v) is 35.0. The molecule has 0 aromatic rings. The van der Waals surface area contributed by atoms with Crippen LogP contribution < -0.4 is 10.2 Å². The van der Waals surface area contributed by atoms with E-state index in [2.05, 4.69) is 111 Å². The molecule has 10 heteroatoms. The van der Waals surface area contributed by atoms with Crippen molar-refractivity contribution in [2.24, 2.45) is 0 Å². The van der Waals surface area contributed by atoms with Crippen LogP contribution in [0.2, 0.25) is 0 Å². The molecule has 0 radical (unpaired) electrons. The lowest BCUT2D eigenvalue weighted by Gasteiger charge is -2.30. The van der Waals surface area contributed by atoms with Gasteiger partial charge in [0.1, 0.15) is 19.3 Å². The van der Waals surface area contributed by atoms with Crippen LogP contribution in [0.4, 0.5) is 0 Å². The Morgan fingerprint density at radius 3 is 1.15 bits per heavy atom. The highest BCUT2D eigenvalue weighted by molar-refractivity contribution is 7.45. The summed E-state index contributed by atoms with van der Waals surface area (Å²) in [6.07, 6.45) is 81.0. The van der Waals surface area contributed by atoms with Gasteiger partial charge >= 0.3 is 5.97 Å². The van der Waals surface area contributed by atoms with Crippen molar-refractivity contribution in [3.8, 4) is 0 Å². The Hall–Kier alpha value is -3.07. The maximum absolute atomic E-state index is 13.5. The van der Waals surface area contributed by atoms with Crippen LogP contribution >= 0.6 is 7.82 Å². The summed E-state index contributed by atoms with van der Waals surface area (Å²) in [6, 6.07) is -0.906. The maximum Gasteiger partial charge on any atom is 0.306 e. The third-order valence-corrected chi connectivity index (χ3v) is 15.5. The second kappa shape index (κ2) is 60.1. The number of carbonyl (C=O) groups excluding carboxylic acids is 2. The highest BCUT2D eigenvalue weighted by Gasteiger charge is 2.27. The van der Waals surface area contributed by atoms with Crippen LogP contribution in [-0.2, 0) is 27.9 Å². The molecule has 1 amide bonds. The lowest BCUT2D eigenvalue weighted by atomic mass is 10.0. The topological polar surface area (TPSA) is 114 Å². The molecule has 0 aliphatic rings. The van der Waals surface area contributed by atoms with Crippen molar-refractivity contribution in [3.63, 3.8) is 0 Å². The van der Waals surface area contributed by atoms with Gasteiger partial charge in [-0.1, -0.05) is 260 Å². The zero-order chi connectivity index (χ0) is 59.3. The summed E-state index contributed by atoms with van der Waals surface area (Å²) in [7, 11) is 1.16. The number of amides is 1. The summed E-state index contributed by atoms with van der Waals surface area (Å²) in [5.74, 6) is -0.570. The molecule has 0 aliphatic heterocycles. The van der Waals surface area contributed by atoms with E-state index in [1.54, 1.807) is 0 Å². The molecule has 0 rings (SSSR count). The van der Waals surface area contributed by atoms with Crippen molar-refractivity contribution in [1.29, 1.82) is 0 Å². The summed E-state index contributed by atoms with van der Waals surface area (Å²) in [6.45, 7) is 6.77. The molecule has 0 aliphatic carbocycles. The van der Waals surface area contributed by atoms with Gasteiger partial charge in [-0.3, -0.25) is 14.2 Å². The van der Waals surface area contributed by atoms with Crippen LogP contribution in [0.25, 0.3) is 0 Å². The minimum atomic E-state index is -4.71. The van der Waals surface area contributed by atoms with E-state index in [9.17, 15) is 19.0 Å². The van der Waals surface area contributed by atoms with E-state index in [4.69, 9.17) is 13.8 Å². The summed E-state index contributed by atoms with van der Waals surface area (Å²) in [4.78, 5) is 40.0. The lowest BCUT2D eigenvalue weighted by Crippen LogP contribution is -2.47. The standard InChI is InChI=1S/C71H127N2O7P/c1-7-10-13-16-19-22-25-27-29-31-32-33-34-35-36-37-38-39-40-42-44-46-49-52-55-58-61-64-71(75)80-69(62-59-56-53-50-47-24-21-18-15-12-9-3)68(67-79-81(76,77)78-66-65-73(4,5)6)72-70(74)63-60-57-54-51-48-45-43-41-30-28-26-23-20-17-14-11-8-2/h19-20,22-23,27-30,32-33,35-36,43,45,59,62,68-69H,7-18,21,24-26,31,34,37-42,44,46-58,60-61,63-67H2,1-6H3,(H-,72,74,76,77)/b22-19-,23-20-,29-27-,30-28-,33-32-,36-35-,45-43-,62-59-. The van der Waals surface area contributed by atoms with Crippen molar-refractivity contribution in [3.05, 3.63) is 97.2 Å². The van der Waals surface area contributed by atoms with Crippen LogP contribution in [0, 0.1) is 0 Å². The predicted molar refractivity (Wildman–Crippen MR) is 348 cm³/mol. The minimum Gasteiger partial charge on any atom is -0.756 e. The molecule has 3 atom stereocenters. The first-order chi connectivity index (χ1) is 39.4. The largest absolute Gasteiger partial charge is 0.756 e. The fourth-order valence-electron chi connectivity index (χ4n) is 9.28. The number of allylic oxidation sites excluding steroid dienone is 15. The van der Waals surface area contributed by atoms with Gasteiger partial charge in [-0.15, -0.1) is 0 Å². The number of quaternary nitrogens is 1. The average molecular weight is 1150 g/mol. The molecule has 0 bridgehead atoms. The van der Waals surface area contributed by atoms with E-state index in [1.807, 2.05) is 33.3 Å². The maximum atomic E-state index is 13.5. The Kier molecular flexibility index (Phi) is 57.8. The van der Waals surface area contributed by atoms with Crippen LogP contribution in [0.5, 0.6) is 0 Å². The summed E-state index contributed by atoms with van der Waals surface area (Å²) in [5.41, 5.74) is 0. The van der Waals surface area contributed by atoms with E-state index in [1.165, 1.54) is 148 Å². The number of carbonyl (C=O) groups is 2. The van der Waals surface area contributed by atoms with Gasteiger partial charge in [0, 0.05) is 12.8 Å². The van der Waals surface area contributed by atoms with Crippen molar-refractivity contribution in [1.82, 2.24) is 5.32 Å². The Balaban J connectivity index is 5.09. The fraction of sp³-hybridized carbons (Fsp3) is 0.746. The van der Waals surface area contributed by atoms with Crippen molar-refractivity contribution >= 4 is 19.7 Å². The highest BCUT2D eigenvalue weighted by Crippen LogP contribution is 2.38. The zero-order valence-corrected chi connectivity index (χ0v) is 54.4. The van der Waals surface area contributed by atoms with Gasteiger partial charge in [0.25, 0.3) is 7.82 Å². The SMILES string of the molecule is CCCCC/C=C\C/C=C\C/C=C\C/C=C\CCCCCCCCCCCCCC(=O)OC(/C=C\CCCCCCCCCCC)C(COP(=O)([O-])OCC[N+](C)(C)C)NC(=O)CCCCCC/C=C\C/C=C\C/C=C\CCCCC. The van der Waals surface area contributed by atoms with Crippen LogP contribution in [0.1, 0.15) is 290 Å². The minimum absolute atomic E-state index is 0.0312. The van der Waals surface area contributed by atoms with Gasteiger partial charge in [-0.2, -0.15) is 0 Å². The number of unbranched alkanes of at least 4 members (excludes halogenated alkanes) is 30. The molecule has 0 fully saturated rings. The normalized spacial score (nSPS) is 14.2. The Morgan fingerprint density at radius 2 is 0.753 bits per heavy atom. The van der Waals surface area contributed by atoms with Gasteiger partial charge in [0.05, 0.1) is 33.8 Å². The second-order valence-electron chi connectivity index (χ2n) is 23.6. The Morgan fingerprint density at radius 1 is 0.432 bits per heavy atom. The number of nitrogens with one attached hydrogen (secondary N) is 1. The van der Waals surface area contributed by atoms with Crippen molar-refractivity contribution in [2.45, 2.75) is 303 Å². The van der Waals surface area contributed by atoms with Crippen molar-refractivity contribution < 1.29 is 37.3 Å². The highest BCUT2D eigenvalue weighted by atomic mass is 31.2. The number of likely N-dealkylation sites (N-methyl/N-ethyl adjacent to an activating group) is 1. The fourth-order valence-corrected chi connectivity index (χ4v) is 10.0. The van der Waals surface area contributed by atoms with Crippen LogP contribution in [-0.4, -0.2) is 69.4 Å². The molecular weight excluding hydrogens is 1020 g/mol. The first-order valence-electron chi connectivity index (χ1n) is 33.5. The quantitative estimate of drug-likeness (QED) is 0.0212. The third-order valence-electron chi connectivity index (χ3n) is 14.5. The smallest absolute Gasteiger partial charge is 0.306 e. The molecule has 0 aromatic carbocycles. The number of phosphoric ester groups is 1. The van der Waals surface area contributed by atoms with Crippen LogP contribution in [0.15, 0.2) is 97.2 Å². The third kappa shape index (κ3) is 61.3. The average Bonchev–Trinajstić information content (AvgIpc) is 3.44. The molecule has 0 saturated heterocycles. The molecule has 81 heavy (non-hydrogen) atoms. The van der Waals surface area contributed by atoms with E-state index < -0.39 is 26.6 Å². The van der Waals surface area contributed by atoms with Gasteiger partial charge in [0.15, 0.2) is 0 Å². The monoisotopic (exact) mass is 1150 g/mol. The number of esters is 1. The van der Waals surface area contributed by atoms with Gasteiger partial charge in [0.2, 0.25) is 5.91 Å². The predicted octanol–water partition coefficient (Wildman–Crippen LogP) is 20.5. The van der Waals surface area contributed by atoms with Gasteiger partial charge in [-0.05, 0) is 115 Å². The molecule has 0 aromatic heterocycles. The number of hydrogen-bond donors (Lipinski definition) is 1. The van der Waals surface area contributed by atoms with E-state index in [0.29, 0.717) is 17.4 Å². The lowest BCUT2D eigenvalue weighted by molar-refractivity contribution is -0.870. The number of rotatable bonds is 60. The van der Waals surface area contributed by atoms with E-state index in [0.717, 1.165) is 103 Å². The molecule has 0 heterocycles. The van der Waals surface area contributed by atoms with E-state index >= 15 is 0 Å². The zero-order valence-electron chi connectivity index (χ0n) is 53.5. The molecule has 468 valence electrons. The number of phosphoric acid groups is 1. The molecule has 3 unspecified atom stereocenters. The second-order valence-corrected chi connectivity index (χ2v) is 25.0. The number of nitrogens with zero attached hydrogens (tertiary/aromatic N) is 1. The molecule has 1 N–H and O–H groups in total. The van der Waals surface area contributed by atoms with Gasteiger partial charge < -0.3 is 28.5 Å². The Bertz CT molecular complexity index is 1710. The number of ether oxygens (including phenoxy) is 1. The Labute approximate surface area is 500 Å². The van der Waals surface area contributed by atoms with E-state index in [-0.39, 0.29) is 31.3 Å². The summed E-state index contributed by atoms with van der Waals surface area (Å²) in [5, 5.41) is 3.02. The molecule has 0 spiro atoms. The van der Waals surface area contributed by atoms with Crippen LogP contribution in [0.3, 0.4) is 0 Å². The molecule has 9 nitrogen and oxygen atoms in total. The number of hydrogen-bond acceptors (Lipinski definition) is 7. The van der Waals surface area contributed by atoms with Crippen molar-refractivity contribution in [2.75, 3.05) is 40.9 Å². The molecular formula is C71H127N2O7P. The molecule has 0 saturated carbocycles. The first kappa shape index (κ1) is 77.9. The van der Waals surface area contributed by atoms with Gasteiger partial charge in [-0.25, -0.2) is 0 Å².